The van der Waals surface area contributed by atoms with E-state index in [0.29, 0.717) is 26.1 Å². The first-order valence-corrected chi connectivity index (χ1v) is 15.9. The third-order valence-electron chi connectivity index (χ3n) is 9.00. The molecule has 1 spiro atoms. The third kappa shape index (κ3) is 5.77. The lowest BCUT2D eigenvalue weighted by atomic mass is 9.70. The predicted molar refractivity (Wildman–Crippen MR) is 164 cm³/mol. The molecule has 3 rings (SSSR count). The molecule has 7 nitrogen and oxygen atoms in total. The van der Waals surface area contributed by atoms with Crippen LogP contribution in [0.4, 0.5) is 0 Å². The number of fused-ring (bicyclic) bond motifs is 1. The van der Waals surface area contributed by atoms with E-state index >= 15 is 0 Å². The highest BCUT2D eigenvalue weighted by atomic mass is 32.2. The first-order valence-electron chi connectivity index (χ1n) is 15.0. The summed E-state index contributed by atoms with van der Waals surface area (Å²) < 4.78 is -0.690. The summed E-state index contributed by atoms with van der Waals surface area (Å²) >= 11 is 1.69. The molecule has 3 amide bonds. The maximum atomic E-state index is 14.9. The summed E-state index contributed by atoms with van der Waals surface area (Å²) in [7, 11) is 0. The van der Waals surface area contributed by atoms with Crippen LogP contribution in [-0.2, 0) is 14.4 Å². The van der Waals surface area contributed by atoms with Gasteiger partial charge in [-0.05, 0) is 50.9 Å². The van der Waals surface area contributed by atoms with Crippen molar-refractivity contribution in [1.29, 1.82) is 0 Å². The first kappa shape index (κ1) is 32.7. The van der Waals surface area contributed by atoms with Crippen LogP contribution in [0.25, 0.3) is 0 Å². The largest absolute Gasteiger partial charge is 0.394 e. The van der Waals surface area contributed by atoms with Crippen LogP contribution >= 0.6 is 11.8 Å². The van der Waals surface area contributed by atoms with Gasteiger partial charge in [0.2, 0.25) is 17.7 Å². The molecule has 6 atom stereocenters. The topological polar surface area (TPSA) is 81.2 Å². The zero-order chi connectivity index (χ0) is 30.2. The summed E-state index contributed by atoms with van der Waals surface area (Å²) in [6.07, 6.45) is 6.60. The molecule has 2 unspecified atom stereocenters. The van der Waals surface area contributed by atoms with Crippen molar-refractivity contribution in [2.24, 2.45) is 23.2 Å². The fraction of sp³-hybridized carbons (Fsp3) is 0.781. The van der Waals surface area contributed by atoms with Gasteiger partial charge in [0.15, 0.2) is 0 Å². The van der Waals surface area contributed by atoms with E-state index in [1.54, 1.807) is 28.8 Å². The van der Waals surface area contributed by atoms with Crippen molar-refractivity contribution < 1.29 is 19.5 Å². The molecule has 226 valence electrons. The van der Waals surface area contributed by atoms with Crippen molar-refractivity contribution in [2.45, 2.75) is 109 Å². The van der Waals surface area contributed by atoms with Gasteiger partial charge in [-0.15, -0.1) is 24.9 Å². The number of carbonyl (C=O) groups excluding carboxylic acids is 3. The van der Waals surface area contributed by atoms with Crippen LogP contribution in [0.15, 0.2) is 25.3 Å². The molecule has 3 aliphatic rings. The van der Waals surface area contributed by atoms with E-state index < -0.39 is 34.2 Å². The van der Waals surface area contributed by atoms with Crippen LogP contribution in [0.2, 0.25) is 0 Å². The molecule has 3 fully saturated rings. The monoisotopic (exact) mass is 575 g/mol. The zero-order valence-electron chi connectivity index (χ0n) is 26.1. The second-order valence-electron chi connectivity index (χ2n) is 14.2. The van der Waals surface area contributed by atoms with Crippen molar-refractivity contribution >= 4 is 29.5 Å². The normalized spacial score (nSPS) is 28.6. The van der Waals surface area contributed by atoms with E-state index in [2.05, 4.69) is 47.8 Å². The van der Waals surface area contributed by atoms with Crippen LogP contribution in [-0.4, -0.2) is 91.4 Å². The Morgan fingerprint density at radius 3 is 2.27 bits per heavy atom. The SMILES string of the molecule is C=CCN(CCC)C(=O)[C@@H]1[C@@H]2CCC3(S2)C(C(=O)N(CC=C)C(C)(C)CC(C)(C)C)N([C@@H](CO)C(C)C)C(=O)[C@H]13. The molecule has 8 heteroatoms. The van der Waals surface area contributed by atoms with Crippen LogP contribution < -0.4 is 0 Å². The Morgan fingerprint density at radius 2 is 1.77 bits per heavy atom. The van der Waals surface area contributed by atoms with Crippen molar-refractivity contribution in [3.8, 4) is 0 Å². The van der Waals surface area contributed by atoms with E-state index in [9.17, 15) is 19.5 Å². The minimum Gasteiger partial charge on any atom is -0.394 e. The number of likely N-dealkylation sites (tertiary alicyclic amines) is 1. The Bertz CT molecular complexity index is 989. The molecule has 40 heavy (non-hydrogen) atoms. The van der Waals surface area contributed by atoms with E-state index in [0.717, 1.165) is 19.3 Å². The minimum atomic E-state index is -0.740. The average molecular weight is 576 g/mol. The van der Waals surface area contributed by atoms with Gasteiger partial charge in [-0.3, -0.25) is 14.4 Å². The number of aliphatic hydroxyl groups excluding tert-OH is 1. The van der Waals surface area contributed by atoms with Gasteiger partial charge in [0.05, 0.1) is 29.2 Å². The summed E-state index contributed by atoms with van der Waals surface area (Å²) in [6, 6.07) is -1.25. The van der Waals surface area contributed by atoms with Gasteiger partial charge in [-0.1, -0.05) is 53.7 Å². The van der Waals surface area contributed by atoms with Crippen molar-refractivity contribution in [3.05, 3.63) is 25.3 Å². The van der Waals surface area contributed by atoms with E-state index in [1.165, 1.54) is 0 Å². The van der Waals surface area contributed by atoms with Crippen molar-refractivity contribution in [1.82, 2.24) is 14.7 Å². The van der Waals surface area contributed by atoms with Crippen LogP contribution in [0.5, 0.6) is 0 Å². The minimum absolute atomic E-state index is 0.00476. The summed E-state index contributed by atoms with van der Waals surface area (Å²) in [5.41, 5.74) is -0.509. The number of amides is 3. The molecular formula is C32H53N3O4S. The first-order chi connectivity index (χ1) is 18.6. The average Bonchev–Trinajstić information content (AvgIpc) is 3.48. The Kier molecular flexibility index (Phi) is 9.98. The van der Waals surface area contributed by atoms with Gasteiger partial charge in [-0.25, -0.2) is 0 Å². The number of hydrogen-bond donors (Lipinski definition) is 1. The summed E-state index contributed by atoms with van der Waals surface area (Å²) in [6.45, 7) is 25.7. The third-order valence-corrected chi connectivity index (χ3v) is 10.9. The van der Waals surface area contributed by atoms with Crippen molar-refractivity contribution in [2.75, 3.05) is 26.2 Å². The molecule has 3 aliphatic heterocycles. The van der Waals surface area contributed by atoms with Gasteiger partial charge in [0, 0.05) is 30.4 Å². The van der Waals surface area contributed by atoms with E-state index in [4.69, 9.17) is 0 Å². The van der Waals surface area contributed by atoms with Gasteiger partial charge in [0.1, 0.15) is 6.04 Å². The summed E-state index contributed by atoms with van der Waals surface area (Å²) in [5.74, 6) is -1.36. The Hall–Kier alpha value is -1.80. The summed E-state index contributed by atoms with van der Waals surface area (Å²) in [4.78, 5) is 48.9. The predicted octanol–water partition coefficient (Wildman–Crippen LogP) is 4.75. The van der Waals surface area contributed by atoms with E-state index in [-0.39, 0.29) is 40.9 Å². The number of thioether (sulfide) groups is 1. The Labute approximate surface area is 246 Å². The van der Waals surface area contributed by atoms with Crippen LogP contribution in [0.1, 0.15) is 81.1 Å². The van der Waals surface area contributed by atoms with Gasteiger partial charge in [0.25, 0.3) is 0 Å². The number of carbonyl (C=O) groups is 3. The molecule has 0 saturated carbocycles. The van der Waals surface area contributed by atoms with Crippen molar-refractivity contribution in [3.63, 3.8) is 0 Å². The number of rotatable bonds is 13. The second kappa shape index (κ2) is 12.2. The fourth-order valence-corrected chi connectivity index (χ4v) is 10.1. The lowest BCUT2D eigenvalue weighted by Gasteiger charge is -2.47. The molecule has 1 N–H and O–H groups in total. The molecule has 3 heterocycles. The lowest BCUT2D eigenvalue weighted by molar-refractivity contribution is -0.150. The quantitative estimate of drug-likeness (QED) is 0.321. The molecule has 2 bridgehead atoms. The number of nitrogens with zero attached hydrogens (tertiary/aromatic N) is 3. The lowest BCUT2D eigenvalue weighted by Crippen LogP contribution is -2.62. The number of hydrogen-bond acceptors (Lipinski definition) is 5. The van der Waals surface area contributed by atoms with Crippen LogP contribution in [0, 0.1) is 23.2 Å². The fourth-order valence-electron chi connectivity index (χ4n) is 7.86. The molecule has 0 aromatic heterocycles. The standard InChI is InChI=1S/C32H53N3O4S/c1-11-16-33(17-12-2)27(37)24-23-14-15-32(40-23)25(24)28(38)35(22(19-36)21(4)5)26(32)29(39)34(18-13-3)31(9,10)20-30(6,7)8/h11,13,21-26,36H,1,3,12,14-20H2,2,4-10H3/t22-,23-,24+,25-,26?,32?/m0/s1. The maximum Gasteiger partial charge on any atom is 0.247 e. The maximum absolute atomic E-state index is 14.9. The molecule has 0 radical (unpaired) electrons. The zero-order valence-corrected chi connectivity index (χ0v) is 26.9. The Morgan fingerprint density at radius 1 is 1.15 bits per heavy atom. The summed E-state index contributed by atoms with van der Waals surface area (Å²) in [5, 5.41) is 10.5. The molecule has 0 aromatic rings. The number of aliphatic hydroxyl groups is 1. The molecule has 0 aromatic carbocycles. The van der Waals surface area contributed by atoms with Gasteiger partial charge >= 0.3 is 0 Å². The van der Waals surface area contributed by atoms with Gasteiger partial charge < -0.3 is 19.8 Å². The molecular weight excluding hydrogens is 522 g/mol. The Balaban J connectivity index is 2.15. The molecule has 3 saturated heterocycles. The highest BCUT2D eigenvalue weighted by molar-refractivity contribution is 8.02. The highest BCUT2D eigenvalue weighted by Gasteiger charge is 2.75. The highest BCUT2D eigenvalue weighted by Crippen LogP contribution is 2.67. The smallest absolute Gasteiger partial charge is 0.247 e. The van der Waals surface area contributed by atoms with Gasteiger partial charge in [-0.2, -0.15) is 0 Å². The van der Waals surface area contributed by atoms with E-state index in [1.807, 2.05) is 30.6 Å². The second-order valence-corrected chi connectivity index (χ2v) is 15.8. The van der Waals surface area contributed by atoms with Crippen LogP contribution in [0.3, 0.4) is 0 Å². The molecule has 0 aliphatic carbocycles.